The lowest BCUT2D eigenvalue weighted by Crippen LogP contribution is -2.07. The molecule has 0 aliphatic carbocycles. The summed E-state index contributed by atoms with van der Waals surface area (Å²) in [7, 11) is 3.34. The Morgan fingerprint density at radius 2 is 1.64 bits per heavy atom. The van der Waals surface area contributed by atoms with Gasteiger partial charge in [0.1, 0.15) is 0 Å². The number of thioether (sulfide) groups is 1. The molecule has 132 valence electrons. The Balaban J connectivity index is 1.82. The molecular formula is C20H23NOS3. The Hall–Kier alpha value is -1.30. The van der Waals surface area contributed by atoms with Gasteiger partial charge in [0.05, 0.1) is 0 Å². The van der Waals surface area contributed by atoms with Crippen molar-refractivity contribution in [1.29, 1.82) is 0 Å². The van der Waals surface area contributed by atoms with Crippen LogP contribution in [0.2, 0.25) is 0 Å². The summed E-state index contributed by atoms with van der Waals surface area (Å²) in [5, 5.41) is 0. The van der Waals surface area contributed by atoms with Gasteiger partial charge in [0.25, 0.3) is 0 Å². The fraction of sp³-hybridized carbons (Fsp3) is 0.250. The number of rotatable bonds is 9. The zero-order valence-corrected chi connectivity index (χ0v) is 17.0. The minimum Gasteiger partial charge on any atom is -0.402 e. The maximum absolute atomic E-state index is 11.6. The normalized spacial score (nSPS) is 11.9. The van der Waals surface area contributed by atoms with Crippen LogP contribution in [0, 0.1) is 0 Å². The topological polar surface area (TPSA) is 43.1 Å². The van der Waals surface area contributed by atoms with Gasteiger partial charge < -0.3 is 5.73 Å². The highest BCUT2D eigenvalue weighted by molar-refractivity contribution is 8.76. The van der Waals surface area contributed by atoms with Crippen molar-refractivity contribution < 1.29 is 4.79 Å². The average Bonchev–Trinajstić information content (AvgIpc) is 2.59. The smallest absolute Gasteiger partial charge is 0.158 e. The predicted octanol–water partition coefficient (Wildman–Crippen LogP) is 5.68. The van der Waals surface area contributed by atoms with Crippen molar-refractivity contribution in [3.8, 4) is 0 Å². The fourth-order valence-electron chi connectivity index (χ4n) is 2.20. The van der Waals surface area contributed by atoms with Crippen LogP contribution in [0.1, 0.15) is 25.0 Å². The maximum atomic E-state index is 11.6. The fourth-order valence-corrected chi connectivity index (χ4v) is 5.47. The molecule has 0 atom stereocenters. The third kappa shape index (κ3) is 7.22. The Bertz CT molecular complexity index is 725. The van der Waals surface area contributed by atoms with Crippen LogP contribution in [-0.2, 0) is 16.3 Å². The number of carbonyl (C=O) groups excluding carboxylic acids is 1. The molecule has 2 aromatic carbocycles. The summed E-state index contributed by atoms with van der Waals surface area (Å²) in [6.07, 6.45) is 0. The highest BCUT2D eigenvalue weighted by Crippen LogP contribution is 2.33. The molecule has 0 radical (unpaired) electrons. The Morgan fingerprint density at radius 3 is 2.32 bits per heavy atom. The third-order valence-corrected chi connectivity index (χ3v) is 6.87. The van der Waals surface area contributed by atoms with Gasteiger partial charge in [-0.1, -0.05) is 64.1 Å². The van der Waals surface area contributed by atoms with E-state index >= 15 is 0 Å². The van der Waals surface area contributed by atoms with E-state index in [2.05, 4.69) is 48.5 Å². The minimum atomic E-state index is 0.0548. The summed E-state index contributed by atoms with van der Waals surface area (Å²) in [5.41, 5.74) is 9.79. The molecule has 0 aliphatic heterocycles. The lowest BCUT2D eigenvalue weighted by molar-refractivity contribution is -0.113. The molecule has 0 bridgehead atoms. The highest BCUT2D eigenvalue weighted by atomic mass is 33.1. The second kappa shape index (κ2) is 10.6. The van der Waals surface area contributed by atoms with E-state index in [0.29, 0.717) is 17.0 Å². The predicted molar refractivity (Wildman–Crippen MR) is 114 cm³/mol. The molecule has 0 fully saturated rings. The van der Waals surface area contributed by atoms with Crippen molar-refractivity contribution in [3.63, 3.8) is 0 Å². The van der Waals surface area contributed by atoms with Gasteiger partial charge in [-0.15, -0.1) is 0 Å². The molecule has 0 unspecified atom stereocenters. The number of benzene rings is 2. The summed E-state index contributed by atoms with van der Waals surface area (Å²) in [4.78, 5) is 12.8. The van der Waals surface area contributed by atoms with E-state index in [-0.39, 0.29) is 5.78 Å². The summed E-state index contributed by atoms with van der Waals surface area (Å²) in [6.45, 7) is 3.36. The molecule has 25 heavy (non-hydrogen) atoms. The van der Waals surface area contributed by atoms with E-state index in [1.807, 2.05) is 17.8 Å². The van der Waals surface area contributed by atoms with E-state index in [1.54, 1.807) is 35.4 Å². The zero-order chi connectivity index (χ0) is 18.1. The van der Waals surface area contributed by atoms with Crippen LogP contribution in [0.15, 0.2) is 70.8 Å². The number of nitrogens with two attached hydrogens (primary N) is 1. The number of ketones is 1. The van der Waals surface area contributed by atoms with Crippen molar-refractivity contribution in [3.05, 3.63) is 77.0 Å². The second-order valence-corrected chi connectivity index (χ2v) is 9.04. The molecule has 0 spiro atoms. The third-order valence-electron chi connectivity index (χ3n) is 3.54. The van der Waals surface area contributed by atoms with Gasteiger partial charge in [-0.05, 0) is 37.1 Å². The van der Waals surface area contributed by atoms with Crippen molar-refractivity contribution in [2.45, 2.75) is 30.2 Å². The number of hydrogen-bond acceptors (Lipinski definition) is 5. The number of allylic oxidation sites excluding steroid dienone is 1. The van der Waals surface area contributed by atoms with Crippen LogP contribution in [0.4, 0.5) is 0 Å². The quantitative estimate of drug-likeness (QED) is 0.441. The van der Waals surface area contributed by atoms with Crippen LogP contribution in [0.5, 0.6) is 0 Å². The van der Waals surface area contributed by atoms with Crippen LogP contribution in [0.3, 0.4) is 0 Å². The lowest BCUT2D eigenvalue weighted by atomic mass is 10.2. The lowest BCUT2D eigenvalue weighted by Gasteiger charge is -2.07. The summed E-state index contributed by atoms with van der Waals surface area (Å²) < 4.78 is 0. The molecule has 0 amide bonds. The summed E-state index contributed by atoms with van der Waals surface area (Å²) in [6, 6.07) is 19.1. The monoisotopic (exact) mass is 389 g/mol. The molecule has 0 heterocycles. The van der Waals surface area contributed by atoms with Gasteiger partial charge in [0.15, 0.2) is 5.78 Å². The molecule has 5 heteroatoms. The number of carbonyl (C=O) groups is 1. The first kappa shape index (κ1) is 20.0. The van der Waals surface area contributed by atoms with Crippen molar-refractivity contribution in [1.82, 2.24) is 0 Å². The van der Waals surface area contributed by atoms with Crippen molar-refractivity contribution in [2.24, 2.45) is 5.73 Å². The van der Waals surface area contributed by atoms with Gasteiger partial charge >= 0.3 is 0 Å². The minimum absolute atomic E-state index is 0.0548. The van der Waals surface area contributed by atoms with Gasteiger partial charge in [0.2, 0.25) is 0 Å². The van der Waals surface area contributed by atoms with Crippen LogP contribution in [0.25, 0.3) is 0 Å². The zero-order valence-electron chi connectivity index (χ0n) is 14.5. The van der Waals surface area contributed by atoms with E-state index in [9.17, 15) is 4.79 Å². The Labute approximate surface area is 162 Å². The van der Waals surface area contributed by atoms with E-state index in [4.69, 9.17) is 5.73 Å². The van der Waals surface area contributed by atoms with Crippen LogP contribution >= 0.6 is 33.3 Å². The molecule has 2 aromatic rings. The van der Waals surface area contributed by atoms with Crippen LogP contribution in [-0.4, -0.2) is 11.5 Å². The maximum Gasteiger partial charge on any atom is 0.158 e. The molecule has 0 aliphatic rings. The highest BCUT2D eigenvalue weighted by Gasteiger charge is 2.07. The molecule has 2 N–H and O–H groups in total. The molecular weight excluding hydrogens is 366 g/mol. The Morgan fingerprint density at radius 1 is 0.960 bits per heavy atom. The average molecular weight is 390 g/mol. The molecule has 0 saturated heterocycles. The van der Waals surface area contributed by atoms with E-state index in [1.165, 1.54) is 16.0 Å². The largest absolute Gasteiger partial charge is 0.402 e. The number of Topliss-reactive ketones (excluding diaryl/α,β-unsaturated/α-hetero) is 1. The van der Waals surface area contributed by atoms with Crippen molar-refractivity contribution >= 4 is 39.1 Å². The molecule has 0 saturated carbocycles. The summed E-state index contributed by atoms with van der Waals surface area (Å²) >= 11 is 1.92. The van der Waals surface area contributed by atoms with Gasteiger partial charge in [-0.25, -0.2) is 0 Å². The van der Waals surface area contributed by atoms with Crippen LogP contribution < -0.4 is 5.73 Å². The van der Waals surface area contributed by atoms with Gasteiger partial charge in [-0.3, -0.25) is 4.79 Å². The van der Waals surface area contributed by atoms with Crippen molar-refractivity contribution in [2.75, 3.05) is 5.75 Å². The summed E-state index contributed by atoms with van der Waals surface area (Å²) in [5.74, 6) is 2.71. The SMILES string of the molecule is CC(=O)/C(CSSc1cccc(CSCc2ccccc2)c1)=C(/C)N. The Kier molecular flexibility index (Phi) is 8.52. The first-order valence-electron chi connectivity index (χ1n) is 8.02. The van der Waals surface area contributed by atoms with Gasteiger partial charge in [-0.2, -0.15) is 11.8 Å². The van der Waals surface area contributed by atoms with E-state index < -0.39 is 0 Å². The molecule has 2 rings (SSSR count). The first-order chi connectivity index (χ1) is 12.1. The molecule has 0 aromatic heterocycles. The first-order valence-corrected chi connectivity index (χ1v) is 11.5. The standard InChI is InChI=1S/C20H23NOS3/c1-15(21)20(16(2)22)14-24-25-19-10-6-9-18(11-19)13-23-12-17-7-4-3-5-8-17/h3-11H,12-14,21H2,1-2H3/b20-15-. The van der Waals surface area contributed by atoms with Gasteiger partial charge in [0, 0.05) is 33.4 Å². The second-order valence-electron chi connectivity index (χ2n) is 5.69. The molecule has 2 nitrogen and oxygen atoms in total. The van der Waals surface area contributed by atoms with E-state index in [0.717, 1.165) is 11.5 Å². The number of hydrogen-bond donors (Lipinski definition) is 1.